The molecule has 1 fully saturated rings. The average Bonchev–Trinajstić information content (AvgIpc) is 3.20. The Bertz CT molecular complexity index is 1290. The van der Waals surface area contributed by atoms with Crippen LogP contribution in [-0.2, 0) is 41.1 Å². The van der Waals surface area contributed by atoms with Gasteiger partial charge in [-0.1, -0.05) is 0 Å². The van der Waals surface area contributed by atoms with Crippen LogP contribution in [0.2, 0.25) is 0 Å². The summed E-state index contributed by atoms with van der Waals surface area (Å²) in [7, 11) is -16.7. The number of ether oxygens (including phenoxy) is 2. The van der Waals surface area contributed by atoms with Crippen LogP contribution in [0.1, 0.15) is 19.6 Å². The fraction of sp³-hybridized carbons (Fsp3) is 0.500. The molecule has 190 valence electrons. The predicted octanol–water partition coefficient (Wildman–Crippen LogP) is -0.736. The lowest BCUT2D eigenvalue weighted by Crippen LogP contribution is -2.30. The normalized spacial score (nSPS) is 24.6. The monoisotopic (exact) mass is 549 g/mol. The molecule has 0 saturated carbocycles. The van der Waals surface area contributed by atoms with Gasteiger partial charge < -0.3 is 34.8 Å². The molecule has 2 aromatic rings. The van der Waals surface area contributed by atoms with Gasteiger partial charge in [0.25, 0.3) is 5.56 Å². The molecule has 34 heavy (non-hydrogen) atoms. The van der Waals surface area contributed by atoms with Gasteiger partial charge in [0.15, 0.2) is 11.2 Å². The van der Waals surface area contributed by atoms with Crippen molar-refractivity contribution < 1.29 is 60.7 Å². The number of esters is 1. The molecule has 1 saturated heterocycles. The van der Waals surface area contributed by atoms with E-state index in [0.717, 1.165) is 6.92 Å². The molecule has 22 heteroatoms. The maximum atomic E-state index is 12.0. The number of nitrogen functional groups attached to an aromatic ring is 1. The maximum absolute atomic E-state index is 12.0. The van der Waals surface area contributed by atoms with E-state index in [9.17, 15) is 33.1 Å². The van der Waals surface area contributed by atoms with E-state index >= 15 is 0 Å². The first-order valence-corrected chi connectivity index (χ1v) is 13.4. The molecule has 1 aliphatic rings. The van der Waals surface area contributed by atoms with E-state index in [4.69, 9.17) is 25.0 Å². The summed E-state index contributed by atoms with van der Waals surface area (Å²) in [6.07, 6.45) is -2.17. The van der Waals surface area contributed by atoms with Crippen LogP contribution in [0, 0.1) is 0 Å². The van der Waals surface area contributed by atoms with Crippen LogP contribution in [0.4, 0.5) is 5.95 Å². The van der Waals surface area contributed by atoms with Crippen molar-refractivity contribution in [2.45, 2.75) is 31.8 Å². The third-order valence-corrected chi connectivity index (χ3v) is 7.88. The van der Waals surface area contributed by atoms with Crippen LogP contribution in [0.5, 0.6) is 0 Å². The summed E-state index contributed by atoms with van der Waals surface area (Å²) in [5, 5.41) is 0. The van der Waals surface area contributed by atoms with Gasteiger partial charge in [-0.25, -0.2) is 18.7 Å². The lowest BCUT2D eigenvalue weighted by Gasteiger charge is -2.20. The molecule has 5 unspecified atom stereocenters. The van der Waals surface area contributed by atoms with Crippen LogP contribution >= 0.6 is 23.5 Å². The number of fused-ring (bicyclic) bond motifs is 1. The van der Waals surface area contributed by atoms with Gasteiger partial charge in [-0.15, -0.1) is 0 Å². The van der Waals surface area contributed by atoms with Gasteiger partial charge in [0.2, 0.25) is 5.95 Å². The molecular formula is C12H18N5O14P3. The number of hydrogen-bond acceptors (Lipinski definition) is 13. The fourth-order valence-corrected chi connectivity index (χ4v) is 6.01. The summed E-state index contributed by atoms with van der Waals surface area (Å²) < 4.78 is 58.0. The zero-order valence-electron chi connectivity index (χ0n) is 16.9. The number of aromatic amines is 1. The molecule has 19 nitrogen and oxygen atoms in total. The molecular weight excluding hydrogens is 531 g/mol. The van der Waals surface area contributed by atoms with Crippen molar-refractivity contribution in [3.05, 3.63) is 16.7 Å². The van der Waals surface area contributed by atoms with Gasteiger partial charge in [0.1, 0.15) is 18.4 Å². The minimum Gasteiger partial charge on any atom is -0.460 e. The zero-order valence-corrected chi connectivity index (χ0v) is 19.5. The lowest BCUT2D eigenvalue weighted by molar-refractivity contribution is -0.150. The minimum atomic E-state index is -5.72. The molecule has 0 amide bonds. The van der Waals surface area contributed by atoms with E-state index in [0.29, 0.717) is 0 Å². The molecule has 7 N–H and O–H groups in total. The number of nitrogens with one attached hydrogen (secondary N) is 1. The molecule has 2 aromatic heterocycles. The van der Waals surface area contributed by atoms with Gasteiger partial charge >= 0.3 is 29.4 Å². The number of carbonyl (C=O) groups is 1. The zero-order chi connectivity index (χ0) is 25.5. The van der Waals surface area contributed by atoms with E-state index in [1.807, 2.05) is 0 Å². The topological polar surface area (TPSA) is 285 Å². The summed E-state index contributed by atoms with van der Waals surface area (Å²) in [5.74, 6) is -0.954. The summed E-state index contributed by atoms with van der Waals surface area (Å²) in [5.41, 5.74) is 4.88. The number of H-pyrrole nitrogens is 1. The predicted molar refractivity (Wildman–Crippen MR) is 106 cm³/mol. The maximum Gasteiger partial charge on any atom is 0.490 e. The summed E-state index contributed by atoms with van der Waals surface area (Å²) in [6.45, 7) is 0.224. The number of nitrogens with zero attached hydrogens (tertiary/aromatic N) is 3. The number of anilines is 1. The first-order valence-electron chi connectivity index (χ1n) is 8.88. The minimum absolute atomic E-state index is 0.0290. The van der Waals surface area contributed by atoms with Crippen molar-refractivity contribution in [2.24, 2.45) is 0 Å². The van der Waals surface area contributed by atoms with E-state index < -0.39 is 60.0 Å². The lowest BCUT2D eigenvalue weighted by atomic mass is 10.2. The Morgan fingerprint density at radius 1 is 1.26 bits per heavy atom. The quantitative estimate of drug-likeness (QED) is 0.166. The van der Waals surface area contributed by atoms with Crippen molar-refractivity contribution in [1.29, 1.82) is 0 Å². The van der Waals surface area contributed by atoms with Crippen molar-refractivity contribution >= 4 is 46.5 Å². The van der Waals surface area contributed by atoms with Crippen LogP contribution < -0.4 is 11.3 Å². The van der Waals surface area contributed by atoms with E-state index in [1.54, 1.807) is 0 Å². The molecule has 0 spiro atoms. The first-order chi connectivity index (χ1) is 15.6. The standard InChI is InChI=1S/C12H18N5O14P3/c1-5(18)28-6-2-8(17-4-14-9-10(17)15-12(13)16-11(9)19)29-7(6)3-27-33(23,24)31-34(25,26)30-32(20,21)22/h4,6-8H,2-3H2,1H3,(H,23,24)(H,25,26)(H2,20,21,22)(H3,13,15,16,19). The number of hydrogen-bond donors (Lipinski definition) is 6. The van der Waals surface area contributed by atoms with Crippen molar-refractivity contribution in [1.82, 2.24) is 19.5 Å². The van der Waals surface area contributed by atoms with E-state index in [-0.39, 0.29) is 23.5 Å². The van der Waals surface area contributed by atoms with E-state index in [2.05, 4.69) is 28.1 Å². The van der Waals surface area contributed by atoms with Gasteiger partial charge in [0, 0.05) is 13.3 Å². The number of imidazole rings is 1. The number of phosphoric ester groups is 1. The second kappa shape index (κ2) is 9.56. The number of rotatable bonds is 9. The Balaban J connectivity index is 1.76. The summed E-state index contributed by atoms with van der Waals surface area (Å²) >= 11 is 0. The van der Waals surface area contributed by atoms with Crippen molar-refractivity contribution in [3.63, 3.8) is 0 Å². The molecule has 3 heterocycles. The fourth-order valence-electron chi connectivity index (χ4n) is 2.98. The number of carbonyl (C=O) groups excluding carboxylic acids is 1. The second-order valence-electron chi connectivity index (χ2n) is 6.67. The van der Waals surface area contributed by atoms with Crippen LogP contribution in [0.25, 0.3) is 11.2 Å². The SMILES string of the molecule is CC(=O)OC1CC(n2cnc3c(=O)[nH]c(N)nc32)OC1COP(=O)(O)OP(=O)(O)OP(=O)(O)O. The molecule has 3 rings (SSSR count). The summed E-state index contributed by atoms with van der Waals surface area (Å²) in [4.78, 5) is 69.5. The van der Waals surface area contributed by atoms with Crippen molar-refractivity contribution in [2.75, 3.05) is 12.3 Å². The molecule has 0 bridgehead atoms. The van der Waals surface area contributed by atoms with Gasteiger partial charge in [-0.05, 0) is 0 Å². The van der Waals surface area contributed by atoms with Gasteiger partial charge in [-0.3, -0.25) is 23.7 Å². The third-order valence-electron chi connectivity index (χ3n) is 4.08. The number of aromatic nitrogens is 4. The van der Waals surface area contributed by atoms with Crippen molar-refractivity contribution in [3.8, 4) is 0 Å². The largest absolute Gasteiger partial charge is 0.490 e. The highest BCUT2D eigenvalue weighted by Gasteiger charge is 2.44. The molecule has 0 aromatic carbocycles. The molecule has 0 aliphatic carbocycles. The number of phosphoric acid groups is 3. The van der Waals surface area contributed by atoms with Gasteiger partial charge in [0.05, 0.1) is 12.9 Å². The Morgan fingerprint density at radius 2 is 1.94 bits per heavy atom. The Labute approximate surface area is 188 Å². The highest BCUT2D eigenvalue weighted by molar-refractivity contribution is 7.66. The van der Waals surface area contributed by atoms with Crippen LogP contribution in [0.3, 0.4) is 0 Å². The highest BCUT2D eigenvalue weighted by Crippen LogP contribution is 2.66. The summed E-state index contributed by atoms with van der Waals surface area (Å²) in [6, 6.07) is 0. The molecule has 5 atom stereocenters. The first kappa shape index (κ1) is 26.6. The molecule has 0 radical (unpaired) electrons. The Kier molecular flexibility index (Phi) is 7.48. The van der Waals surface area contributed by atoms with Crippen LogP contribution in [-0.4, -0.2) is 63.9 Å². The highest BCUT2D eigenvalue weighted by atomic mass is 31.3. The average molecular weight is 549 g/mol. The second-order valence-corrected chi connectivity index (χ2v) is 11.1. The smallest absolute Gasteiger partial charge is 0.460 e. The van der Waals surface area contributed by atoms with E-state index in [1.165, 1.54) is 10.9 Å². The third kappa shape index (κ3) is 6.78. The van der Waals surface area contributed by atoms with Gasteiger partial charge in [-0.2, -0.15) is 13.6 Å². The Hall–Kier alpha value is -2.01. The van der Waals surface area contributed by atoms with Crippen LogP contribution in [0.15, 0.2) is 11.1 Å². The Morgan fingerprint density at radius 3 is 2.56 bits per heavy atom. The number of nitrogens with two attached hydrogens (primary N) is 1. The molecule has 1 aliphatic heterocycles.